The van der Waals surface area contributed by atoms with Crippen LogP contribution in [-0.4, -0.2) is 11.9 Å². The Bertz CT molecular complexity index is 217. The van der Waals surface area contributed by atoms with Crippen LogP contribution >= 0.6 is 0 Å². The molecule has 3 heteroatoms. The minimum absolute atomic E-state index is 0.0624. The van der Waals surface area contributed by atoms with Crippen molar-refractivity contribution in [1.82, 2.24) is 5.32 Å². The molecule has 0 bridgehead atoms. The second kappa shape index (κ2) is 6.24. The maximum atomic E-state index is 11.3. The highest BCUT2D eigenvalue weighted by Crippen LogP contribution is 2.01. The normalized spacial score (nSPS) is 13.9. The Hall–Kier alpha value is -1.30. The maximum Gasteiger partial charge on any atom is 0.237 e. The number of nitrogens with one attached hydrogen (secondary N) is 1. The number of amides is 1. The van der Waals surface area contributed by atoms with Gasteiger partial charge in [0.05, 0.1) is 6.07 Å². The van der Waals surface area contributed by atoms with Crippen molar-refractivity contribution in [2.45, 2.75) is 32.7 Å². The Morgan fingerprint density at radius 1 is 1.77 bits per heavy atom. The fourth-order valence-corrected chi connectivity index (χ4v) is 0.988. The summed E-state index contributed by atoms with van der Waals surface area (Å²) in [6.45, 7) is 7.29. The standard InChI is InChI=1S/C10H16N2O/c1-4-6-8(3)12-10(13)9(5-2)7-11/h4,8-9H,1,5-6H2,2-3H3,(H,12,13). The SMILES string of the molecule is C=CCC(C)NC(=O)C(C#N)CC. The van der Waals surface area contributed by atoms with E-state index in [0.29, 0.717) is 6.42 Å². The van der Waals surface area contributed by atoms with Crippen LogP contribution in [0.5, 0.6) is 0 Å². The zero-order chi connectivity index (χ0) is 10.3. The van der Waals surface area contributed by atoms with Crippen molar-refractivity contribution in [3.63, 3.8) is 0 Å². The highest BCUT2D eigenvalue weighted by Gasteiger charge is 2.16. The first-order valence-corrected chi connectivity index (χ1v) is 4.46. The van der Waals surface area contributed by atoms with Crippen molar-refractivity contribution in [3.05, 3.63) is 12.7 Å². The Kier molecular flexibility index (Phi) is 5.62. The van der Waals surface area contributed by atoms with Crippen LogP contribution in [-0.2, 0) is 4.79 Å². The van der Waals surface area contributed by atoms with E-state index in [1.165, 1.54) is 0 Å². The summed E-state index contributed by atoms with van der Waals surface area (Å²) in [7, 11) is 0. The monoisotopic (exact) mass is 180 g/mol. The smallest absolute Gasteiger partial charge is 0.237 e. The first-order valence-electron chi connectivity index (χ1n) is 4.46. The number of hydrogen-bond donors (Lipinski definition) is 1. The summed E-state index contributed by atoms with van der Waals surface area (Å²) in [5.74, 6) is -0.702. The number of hydrogen-bond acceptors (Lipinski definition) is 2. The molecule has 0 saturated heterocycles. The van der Waals surface area contributed by atoms with Crippen molar-refractivity contribution in [2.75, 3.05) is 0 Å². The van der Waals surface area contributed by atoms with Crippen LogP contribution < -0.4 is 5.32 Å². The minimum atomic E-state index is -0.521. The Labute approximate surface area is 79.4 Å². The zero-order valence-corrected chi connectivity index (χ0v) is 8.21. The summed E-state index contributed by atoms with van der Waals surface area (Å²) < 4.78 is 0. The highest BCUT2D eigenvalue weighted by atomic mass is 16.1. The molecule has 2 atom stereocenters. The fraction of sp³-hybridized carbons (Fsp3) is 0.600. The molecule has 0 rings (SSSR count). The number of rotatable bonds is 5. The van der Waals surface area contributed by atoms with E-state index in [9.17, 15) is 4.79 Å². The third kappa shape index (κ3) is 4.32. The predicted octanol–water partition coefficient (Wildman–Crippen LogP) is 1.62. The Morgan fingerprint density at radius 2 is 2.38 bits per heavy atom. The molecule has 0 saturated carbocycles. The van der Waals surface area contributed by atoms with Gasteiger partial charge in [-0.15, -0.1) is 6.58 Å². The summed E-state index contributed by atoms with van der Waals surface area (Å²) >= 11 is 0. The molecule has 0 aromatic carbocycles. The Balaban J connectivity index is 3.99. The second-order valence-electron chi connectivity index (χ2n) is 3.02. The van der Waals surface area contributed by atoms with E-state index in [2.05, 4.69) is 11.9 Å². The molecule has 1 N–H and O–H groups in total. The molecule has 0 aliphatic carbocycles. The highest BCUT2D eigenvalue weighted by molar-refractivity contribution is 5.81. The minimum Gasteiger partial charge on any atom is -0.352 e. The van der Waals surface area contributed by atoms with Crippen molar-refractivity contribution in [1.29, 1.82) is 5.26 Å². The average molecular weight is 180 g/mol. The van der Waals surface area contributed by atoms with Gasteiger partial charge in [-0.25, -0.2) is 0 Å². The lowest BCUT2D eigenvalue weighted by Gasteiger charge is -2.13. The summed E-state index contributed by atoms with van der Waals surface area (Å²) in [4.78, 5) is 11.3. The third-order valence-corrected chi connectivity index (χ3v) is 1.79. The molecule has 3 nitrogen and oxygen atoms in total. The van der Waals surface area contributed by atoms with Crippen LogP contribution in [0, 0.1) is 17.2 Å². The number of carbonyl (C=O) groups excluding carboxylic acids is 1. The van der Waals surface area contributed by atoms with Gasteiger partial charge in [-0.05, 0) is 19.8 Å². The van der Waals surface area contributed by atoms with Crippen LogP contribution in [0.15, 0.2) is 12.7 Å². The van der Waals surface area contributed by atoms with Gasteiger partial charge < -0.3 is 5.32 Å². The van der Waals surface area contributed by atoms with E-state index < -0.39 is 5.92 Å². The van der Waals surface area contributed by atoms with Crippen molar-refractivity contribution < 1.29 is 4.79 Å². The largest absolute Gasteiger partial charge is 0.352 e. The van der Waals surface area contributed by atoms with E-state index in [1.54, 1.807) is 6.08 Å². The lowest BCUT2D eigenvalue weighted by Crippen LogP contribution is -2.36. The lowest BCUT2D eigenvalue weighted by molar-refractivity contribution is -0.124. The maximum absolute atomic E-state index is 11.3. The van der Waals surface area contributed by atoms with E-state index in [-0.39, 0.29) is 11.9 Å². The van der Waals surface area contributed by atoms with Crippen LogP contribution in [0.2, 0.25) is 0 Å². The van der Waals surface area contributed by atoms with Gasteiger partial charge in [0, 0.05) is 6.04 Å². The molecule has 13 heavy (non-hydrogen) atoms. The first-order chi connectivity index (χ1) is 6.15. The van der Waals surface area contributed by atoms with Gasteiger partial charge in [0.1, 0.15) is 5.92 Å². The summed E-state index contributed by atoms with van der Waals surface area (Å²) in [6.07, 6.45) is 3.04. The van der Waals surface area contributed by atoms with Crippen molar-refractivity contribution in [2.24, 2.45) is 5.92 Å². The molecule has 0 aliphatic rings. The molecule has 0 aromatic heterocycles. The number of nitriles is 1. The molecule has 0 aliphatic heterocycles. The van der Waals surface area contributed by atoms with Gasteiger partial charge in [0.2, 0.25) is 5.91 Å². The zero-order valence-electron chi connectivity index (χ0n) is 8.21. The van der Waals surface area contributed by atoms with Crippen molar-refractivity contribution >= 4 is 5.91 Å². The quantitative estimate of drug-likeness (QED) is 0.653. The fourth-order valence-electron chi connectivity index (χ4n) is 0.988. The summed E-state index contributed by atoms with van der Waals surface area (Å²) in [5.41, 5.74) is 0. The van der Waals surface area contributed by atoms with Crippen LogP contribution in [0.1, 0.15) is 26.7 Å². The summed E-state index contributed by atoms with van der Waals surface area (Å²) in [5, 5.41) is 11.4. The summed E-state index contributed by atoms with van der Waals surface area (Å²) in [6, 6.07) is 2.02. The molecule has 72 valence electrons. The third-order valence-electron chi connectivity index (χ3n) is 1.79. The first kappa shape index (κ1) is 11.7. The molecular weight excluding hydrogens is 164 g/mol. The van der Waals surface area contributed by atoms with Gasteiger partial charge in [-0.3, -0.25) is 4.79 Å². The van der Waals surface area contributed by atoms with Crippen LogP contribution in [0.25, 0.3) is 0 Å². The molecule has 0 aromatic rings. The van der Waals surface area contributed by atoms with Gasteiger partial charge >= 0.3 is 0 Å². The number of nitrogens with zero attached hydrogens (tertiary/aromatic N) is 1. The van der Waals surface area contributed by atoms with E-state index in [0.717, 1.165) is 6.42 Å². The van der Waals surface area contributed by atoms with Gasteiger partial charge in [-0.1, -0.05) is 13.0 Å². The molecule has 0 radical (unpaired) electrons. The molecular formula is C10H16N2O. The van der Waals surface area contributed by atoms with Gasteiger partial charge in [-0.2, -0.15) is 5.26 Å². The lowest BCUT2D eigenvalue weighted by atomic mass is 10.1. The molecule has 0 fully saturated rings. The van der Waals surface area contributed by atoms with Crippen molar-refractivity contribution in [3.8, 4) is 6.07 Å². The topological polar surface area (TPSA) is 52.9 Å². The van der Waals surface area contributed by atoms with E-state index in [4.69, 9.17) is 5.26 Å². The van der Waals surface area contributed by atoms with Crippen LogP contribution in [0.3, 0.4) is 0 Å². The molecule has 0 heterocycles. The molecule has 1 amide bonds. The predicted molar refractivity (Wildman–Crippen MR) is 51.8 cm³/mol. The van der Waals surface area contributed by atoms with E-state index in [1.807, 2.05) is 19.9 Å². The average Bonchev–Trinajstić information content (AvgIpc) is 2.06. The van der Waals surface area contributed by atoms with Gasteiger partial charge in [0.15, 0.2) is 0 Å². The molecule has 0 spiro atoms. The second-order valence-corrected chi connectivity index (χ2v) is 3.02. The molecule has 2 unspecified atom stereocenters. The Morgan fingerprint density at radius 3 is 2.77 bits per heavy atom. The van der Waals surface area contributed by atoms with Crippen LogP contribution in [0.4, 0.5) is 0 Å². The number of carbonyl (C=O) groups is 1. The van der Waals surface area contributed by atoms with E-state index >= 15 is 0 Å². The van der Waals surface area contributed by atoms with Gasteiger partial charge in [0.25, 0.3) is 0 Å².